The third kappa shape index (κ3) is 3.26. The second-order valence-electron chi connectivity index (χ2n) is 8.31. The highest BCUT2D eigenvalue weighted by atomic mass is 16.5. The highest BCUT2D eigenvalue weighted by Crippen LogP contribution is 2.44. The molecular weight excluding hydrogens is 354 g/mol. The van der Waals surface area contributed by atoms with Crippen LogP contribution >= 0.6 is 0 Å². The summed E-state index contributed by atoms with van der Waals surface area (Å²) in [7, 11) is 0. The van der Waals surface area contributed by atoms with E-state index in [9.17, 15) is 14.7 Å². The first-order chi connectivity index (χ1) is 13.4. The van der Waals surface area contributed by atoms with E-state index in [1.807, 2.05) is 24.3 Å². The van der Waals surface area contributed by atoms with Crippen LogP contribution in [0.15, 0.2) is 48.5 Å². The standard InChI is InChI=1S/C23H25NO4/c1-23(2,21(25)26)20(14-11-12-14)24-22(27)28-13-19-17-9-5-3-7-15(17)16-8-4-6-10-18(16)19/h3-10,14,19-20H,11-13H2,1-2H3,(H,24,27)(H,25,26). The van der Waals surface area contributed by atoms with Gasteiger partial charge in [-0.15, -0.1) is 0 Å². The van der Waals surface area contributed by atoms with Gasteiger partial charge in [0.05, 0.1) is 11.5 Å². The van der Waals surface area contributed by atoms with Crippen molar-refractivity contribution in [3.05, 3.63) is 59.7 Å². The molecule has 1 saturated carbocycles. The first-order valence-corrected chi connectivity index (χ1v) is 9.74. The van der Waals surface area contributed by atoms with E-state index in [-0.39, 0.29) is 18.4 Å². The lowest BCUT2D eigenvalue weighted by atomic mass is 9.82. The van der Waals surface area contributed by atoms with E-state index in [2.05, 4.69) is 29.6 Å². The molecule has 28 heavy (non-hydrogen) atoms. The monoisotopic (exact) mass is 379 g/mol. The average molecular weight is 379 g/mol. The van der Waals surface area contributed by atoms with Crippen molar-refractivity contribution >= 4 is 12.1 Å². The maximum absolute atomic E-state index is 12.5. The van der Waals surface area contributed by atoms with Gasteiger partial charge < -0.3 is 15.2 Å². The van der Waals surface area contributed by atoms with E-state index in [0.717, 1.165) is 24.0 Å². The highest BCUT2D eigenvalue weighted by molar-refractivity contribution is 5.79. The second-order valence-corrected chi connectivity index (χ2v) is 8.31. The minimum atomic E-state index is -1.03. The molecule has 4 rings (SSSR count). The zero-order chi connectivity index (χ0) is 19.9. The number of carbonyl (C=O) groups excluding carboxylic acids is 1. The summed E-state index contributed by atoms with van der Waals surface area (Å²) in [5.74, 6) is -0.722. The van der Waals surface area contributed by atoms with Crippen LogP contribution < -0.4 is 5.32 Å². The third-order valence-electron chi connectivity index (χ3n) is 6.04. The molecule has 0 radical (unpaired) electrons. The van der Waals surface area contributed by atoms with Gasteiger partial charge in [0, 0.05) is 5.92 Å². The number of nitrogens with one attached hydrogen (secondary N) is 1. The van der Waals surface area contributed by atoms with Gasteiger partial charge in [0.15, 0.2) is 0 Å². The van der Waals surface area contributed by atoms with Crippen molar-refractivity contribution < 1.29 is 19.4 Å². The number of carboxylic acids is 1. The summed E-state index contributed by atoms with van der Waals surface area (Å²) in [5, 5.41) is 12.4. The van der Waals surface area contributed by atoms with Gasteiger partial charge in [-0.2, -0.15) is 0 Å². The fraction of sp³-hybridized carbons (Fsp3) is 0.391. The molecule has 2 aliphatic rings. The van der Waals surface area contributed by atoms with Crippen molar-refractivity contribution in [3.63, 3.8) is 0 Å². The Balaban J connectivity index is 1.47. The van der Waals surface area contributed by atoms with Crippen LogP contribution in [-0.2, 0) is 9.53 Å². The molecular formula is C23H25NO4. The Morgan fingerprint density at radius 1 is 1.07 bits per heavy atom. The maximum Gasteiger partial charge on any atom is 0.407 e. The number of benzene rings is 2. The molecule has 5 heteroatoms. The van der Waals surface area contributed by atoms with Crippen molar-refractivity contribution in [2.45, 2.75) is 38.6 Å². The molecule has 1 fully saturated rings. The molecule has 2 aliphatic carbocycles. The van der Waals surface area contributed by atoms with E-state index >= 15 is 0 Å². The molecule has 0 aromatic heterocycles. The highest BCUT2D eigenvalue weighted by Gasteiger charge is 2.46. The number of carbonyl (C=O) groups is 2. The molecule has 0 spiro atoms. The van der Waals surface area contributed by atoms with E-state index < -0.39 is 23.5 Å². The number of fused-ring (bicyclic) bond motifs is 3. The van der Waals surface area contributed by atoms with Crippen LogP contribution in [-0.4, -0.2) is 29.8 Å². The largest absolute Gasteiger partial charge is 0.481 e. The maximum atomic E-state index is 12.5. The Hall–Kier alpha value is -2.82. The summed E-state index contributed by atoms with van der Waals surface area (Å²) in [6.45, 7) is 3.54. The van der Waals surface area contributed by atoms with Crippen molar-refractivity contribution in [1.29, 1.82) is 0 Å². The minimum absolute atomic E-state index is 0.00925. The van der Waals surface area contributed by atoms with Crippen LogP contribution in [0.1, 0.15) is 43.7 Å². The van der Waals surface area contributed by atoms with Gasteiger partial charge >= 0.3 is 12.1 Å². The fourth-order valence-electron chi connectivity index (χ4n) is 4.22. The average Bonchev–Trinajstić information content (AvgIpc) is 3.47. The number of rotatable bonds is 6. The lowest BCUT2D eigenvalue weighted by molar-refractivity contribution is -0.148. The molecule has 146 valence electrons. The van der Waals surface area contributed by atoms with Crippen LogP contribution in [0.2, 0.25) is 0 Å². The molecule has 0 aliphatic heterocycles. The molecule has 1 atom stereocenters. The number of hydrogen-bond donors (Lipinski definition) is 2. The summed E-state index contributed by atoms with van der Waals surface area (Å²) in [6, 6.07) is 15.9. The molecule has 0 heterocycles. The predicted molar refractivity (Wildman–Crippen MR) is 106 cm³/mol. The zero-order valence-electron chi connectivity index (χ0n) is 16.1. The zero-order valence-corrected chi connectivity index (χ0v) is 16.1. The summed E-state index contributed by atoms with van der Waals surface area (Å²) >= 11 is 0. The lowest BCUT2D eigenvalue weighted by Gasteiger charge is -2.31. The van der Waals surface area contributed by atoms with Crippen LogP contribution in [0.3, 0.4) is 0 Å². The Labute approximate surface area is 164 Å². The van der Waals surface area contributed by atoms with Gasteiger partial charge in [0.1, 0.15) is 6.61 Å². The van der Waals surface area contributed by atoms with E-state index in [4.69, 9.17) is 4.74 Å². The summed E-state index contributed by atoms with van der Waals surface area (Å²) in [6.07, 6.45) is 1.32. The second kappa shape index (κ2) is 6.97. The molecule has 2 aromatic carbocycles. The number of amides is 1. The Morgan fingerprint density at radius 2 is 1.61 bits per heavy atom. The Kier molecular flexibility index (Phi) is 4.61. The Bertz CT molecular complexity index is 871. The number of aliphatic carboxylic acids is 1. The number of alkyl carbamates (subject to hydrolysis) is 1. The van der Waals surface area contributed by atoms with Crippen LogP contribution in [0.4, 0.5) is 4.79 Å². The number of ether oxygens (including phenoxy) is 1. The van der Waals surface area contributed by atoms with Crippen LogP contribution in [0.25, 0.3) is 11.1 Å². The Morgan fingerprint density at radius 3 is 2.11 bits per heavy atom. The minimum Gasteiger partial charge on any atom is -0.481 e. The summed E-state index contributed by atoms with van der Waals surface area (Å²) in [5.41, 5.74) is 3.62. The SMILES string of the molecule is CC(C)(C(=O)O)C(NC(=O)OCC1c2ccccc2-c2ccccc21)C1CC1. The molecule has 2 N–H and O–H groups in total. The number of hydrogen-bond acceptors (Lipinski definition) is 3. The van der Waals surface area contributed by atoms with Gasteiger partial charge in [-0.25, -0.2) is 4.79 Å². The van der Waals surface area contributed by atoms with E-state index in [0.29, 0.717) is 0 Å². The van der Waals surface area contributed by atoms with Gasteiger partial charge in [0.25, 0.3) is 0 Å². The van der Waals surface area contributed by atoms with Crippen molar-refractivity contribution in [2.24, 2.45) is 11.3 Å². The van der Waals surface area contributed by atoms with E-state index in [1.165, 1.54) is 11.1 Å². The smallest absolute Gasteiger partial charge is 0.407 e. The molecule has 1 unspecified atom stereocenters. The molecule has 0 saturated heterocycles. The van der Waals surface area contributed by atoms with Crippen molar-refractivity contribution in [1.82, 2.24) is 5.32 Å². The fourth-order valence-corrected chi connectivity index (χ4v) is 4.22. The normalized spacial score (nSPS) is 16.8. The van der Waals surface area contributed by atoms with Crippen LogP contribution in [0.5, 0.6) is 0 Å². The third-order valence-corrected chi connectivity index (χ3v) is 6.04. The van der Waals surface area contributed by atoms with Gasteiger partial charge in [-0.05, 0) is 54.9 Å². The van der Waals surface area contributed by atoms with Gasteiger partial charge in [0.2, 0.25) is 0 Å². The summed E-state index contributed by atoms with van der Waals surface area (Å²) < 4.78 is 5.58. The summed E-state index contributed by atoms with van der Waals surface area (Å²) in [4.78, 5) is 24.1. The number of carboxylic acid groups (broad SMARTS) is 1. The van der Waals surface area contributed by atoms with Crippen molar-refractivity contribution in [3.8, 4) is 11.1 Å². The molecule has 0 bridgehead atoms. The molecule has 2 aromatic rings. The van der Waals surface area contributed by atoms with E-state index in [1.54, 1.807) is 13.8 Å². The predicted octanol–water partition coefficient (Wildman–Crippen LogP) is 4.41. The quantitative estimate of drug-likeness (QED) is 0.779. The first-order valence-electron chi connectivity index (χ1n) is 9.74. The van der Waals surface area contributed by atoms with Crippen molar-refractivity contribution in [2.75, 3.05) is 6.61 Å². The van der Waals surface area contributed by atoms with Gasteiger partial charge in [-0.1, -0.05) is 48.5 Å². The lowest BCUT2D eigenvalue weighted by Crippen LogP contribution is -2.50. The van der Waals surface area contributed by atoms with Crippen LogP contribution in [0, 0.1) is 11.3 Å². The topological polar surface area (TPSA) is 75.6 Å². The first kappa shape index (κ1) is 18.5. The molecule has 5 nitrogen and oxygen atoms in total. The van der Waals surface area contributed by atoms with Gasteiger partial charge in [-0.3, -0.25) is 4.79 Å². The molecule has 1 amide bonds.